The molecular weight excluding hydrogens is 458 g/mol. The number of hydrogen-bond donors (Lipinski definition) is 1. The minimum atomic E-state index is -0.646. The van der Waals surface area contributed by atoms with Gasteiger partial charge in [0.25, 0.3) is 5.91 Å². The third kappa shape index (κ3) is 6.46. The summed E-state index contributed by atoms with van der Waals surface area (Å²) in [5, 5.41) is 0. The van der Waals surface area contributed by atoms with Crippen molar-refractivity contribution in [3.05, 3.63) is 47.7 Å². The van der Waals surface area contributed by atoms with Crippen LogP contribution < -0.4 is 5.73 Å². The van der Waals surface area contributed by atoms with E-state index in [2.05, 4.69) is 4.90 Å². The molecule has 2 heterocycles. The molecule has 2 N–H and O–H groups in total. The van der Waals surface area contributed by atoms with E-state index in [4.69, 9.17) is 20.2 Å². The number of carbonyl (C=O) groups excluding carboxylic acids is 2. The molecule has 196 valence electrons. The Labute approximate surface area is 214 Å². The van der Waals surface area contributed by atoms with E-state index in [9.17, 15) is 9.59 Å². The maximum atomic E-state index is 13.1. The lowest BCUT2D eigenvalue weighted by Crippen LogP contribution is -2.44. The maximum Gasteiger partial charge on any atom is 0.414 e. The normalized spacial score (nSPS) is 20.8. The molecule has 0 bridgehead atoms. The Morgan fingerprint density at radius 2 is 2.00 bits per heavy atom. The van der Waals surface area contributed by atoms with Crippen LogP contribution in [0.5, 0.6) is 0 Å². The van der Waals surface area contributed by atoms with Gasteiger partial charge in [0.2, 0.25) is 0 Å². The Hall–Kier alpha value is -3.33. The van der Waals surface area contributed by atoms with Gasteiger partial charge in [0.1, 0.15) is 11.4 Å². The number of amides is 2. The monoisotopic (exact) mass is 497 g/mol. The number of carbonyl (C=O) groups is 2. The summed E-state index contributed by atoms with van der Waals surface area (Å²) in [5.41, 5.74) is 7.95. The van der Waals surface area contributed by atoms with Crippen molar-refractivity contribution < 1.29 is 19.1 Å². The van der Waals surface area contributed by atoms with Crippen LogP contribution in [-0.2, 0) is 9.47 Å². The molecule has 0 aliphatic carbocycles. The largest absolute Gasteiger partial charge is 0.443 e. The summed E-state index contributed by atoms with van der Waals surface area (Å²) in [6.07, 6.45) is 7.67. The number of ether oxygens (including phenoxy) is 2. The van der Waals surface area contributed by atoms with Gasteiger partial charge in [-0.05, 0) is 59.2 Å². The number of aliphatic imine (C=N–C) groups is 1. The van der Waals surface area contributed by atoms with Crippen molar-refractivity contribution in [3.8, 4) is 0 Å². The van der Waals surface area contributed by atoms with Gasteiger partial charge in [-0.2, -0.15) is 0 Å². The fourth-order valence-corrected chi connectivity index (χ4v) is 4.25. The first kappa shape index (κ1) is 27.3. The number of rotatable bonds is 4. The van der Waals surface area contributed by atoms with Crippen LogP contribution in [0.4, 0.5) is 16.2 Å². The number of amidine groups is 1. The predicted molar refractivity (Wildman–Crippen MR) is 142 cm³/mol. The SMILES string of the molecule is C/C=C/C(=Nc1c(N)cc(C(=O)N(C)C)cc1C1CC=CN1C(=O)OC(C)(C)C)N1CCOC(C)C1. The Balaban J connectivity index is 2.14. The second-order valence-corrected chi connectivity index (χ2v) is 10.3. The molecule has 1 aromatic rings. The molecule has 0 radical (unpaired) electrons. The number of nitrogen functional groups attached to an aromatic ring is 1. The number of benzene rings is 1. The Bertz CT molecular complexity index is 1070. The van der Waals surface area contributed by atoms with Gasteiger partial charge in [-0.25, -0.2) is 9.79 Å². The number of nitrogens with zero attached hydrogens (tertiary/aromatic N) is 4. The Morgan fingerprint density at radius 1 is 1.28 bits per heavy atom. The van der Waals surface area contributed by atoms with Crippen molar-refractivity contribution in [2.75, 3.05) is 39.5 Å². The number of nitrogens with two attached hydrogens (primary N) is 1. The lowest BCUT2D eigenvalue weighted by molar-refractivity contribution is 0.00609. The van der Waals surface area contributed by atoms with Gasteiger partial charge >= 0.3 is 6.09 Å². The molecule has 2 aliphatic rings. The van der Waals surface area contributed by atoms with Gasteiger partial charge in [0, 0.05) is 44.5 Å². The molecule has 1 aromatic carbocycles. The first-order valence-corrected chi connectivity index (χ1v) is 12.3. The molecule has 1 saturated heterocycles. The highest BCUT2D eigenvalue weighted by Gasteiger charge is 2.33. The zero-order chi connectivity index (χ0) is 26.6. The maximum absolute atomic E-state index is 13.1. The van der Waals surface area contributed by atoms with Crippen LogP contribution >= 0.6 is 0 Å². The first-order chi connectivity index (χ1) is 16.9. The number of hydrogen-bond acceptors (Lipinski definition) is 6. The molecule has 0 saturated carbocycles. The minimum absolute atomic E-state index is 0.0767. The predicted octanol–water partition coefficient (Wildman–Crippen LogP) is 4.49. The zero-order valence-corrected chi connectivity index (χ0v) is 22.4. The van der Waals surface area contributed by atoms with E-state index < -0.39 is 17.7 Å². The number of morpholine rings is 1. The van der Waals surface area contributed by atoms with Crippen molar-refractivity contribution in [3.63, 3.8) is 0 Å². The Kier molecular flexibility index (Phi) is 8.45. The molecule has 9 nitrogen and oxygen atoms in total. The summed E-state index contributed by atoms with van der Waals surface area (Å²) >= 11 is 0. The lowest BCUT2D eigenvalue weighted by atomic mass is 9.97. The highest BCUT2D eigenvalue weighted by Crippen LogP contribution is 2.41. The van der Waals surface area contributed by atoms with Gasteiger partial charge < -0.3 is 25.0 Å². The molecule has 2 unspecified atom stereocenters. The molecule has 1 fully saturated rings. The first-order valence-electron chi connectivity index (χ1n) is 12.3. The molecule has 9 heteroatoms. The summed E-state index contributed by atoms with van der Waals surface area (Å²) in [6, 6.07) is 3.04. The average Bonchev–Trinajstić information content (AvgIpc) is 3.28. The standard InChI is InChI=1S/C27H39N5O4/c1-8-10-23(31-13-14-35-18(2)17-31)29-24-20(15-19(16-21(24)28)25(33)30(6)7)22-11-9-12-32(22)26(34)36-27(3,4)5/h8-10,12,15-16,18,22H,11,13-14,17,28H2,1-7H3/b10-8+,29-23?. The van der Waals surface area contributed by atoms with Gasteiger partial charge in [-0.1, -0.05) is 12.2 Å². The molecule has 2 atom stereocenters. The average molecular weight is 498 g/mol. The zero-order valence-electron chi connectivity index (χ0n) is 22.4. The molecule has 3 rings (SSSR count). The third-order valence-electron chi connectivity index (χ3n) is 5.85. The van der Waals surface area contributed by atoms with Gasteiger partial charge in [-0.3, -0.25) is 9.69 Å². The topological polar surface area (TPSA) is 101 Å². The van der Waals surface area contributed by atoms with E-state index in [0.717, 1.165) is 5.84 Å². The van der Waals surface area contributed by atoms with Crippen LogP contribution in [0, 0.1) is 0 Å². The molecule has 0 aromatic heterocycles. The van der Waals surface area contributed by atoms with Crippen molar-refractivity contribution >= 4 is 29.2 Å². The Morgan fingerprint density at radius 3 is 2.61 bits per heavy atom. The highest BCUT2D eigenvalue weighted by atomic mass is 16.6. The molecule has 2 amide bonds. The second kappa shape index (κ2) is 11.2. The third-order valence-corrected chi connectivity index (χ3v) is 5.85. The summed E-state index contributed by atoms with van der Waals surface area (Å²) in [7, 11) is 3.39. The molecule has 36 heavy (non-hydrogen) atoms. The second-order valence-electron chi connectivity index (χ2n) is 10.3. The van der Waals surface area contributed by atoms with E-state index in [-0.39, 0.29) is 12.0 Å². The van der Waals surface area contributed by atoms with Gasteiger partial charge in [0.05, 0.1) is 30.1 Å². The van der Waals surface area contributed by atoms with Crippen LogP contribution in [0.15, 0.2) is 41.6 Å². The fourth-order valence-electron chi connectivity index (χ4n) is 4.25. The van der Waals surface area contributed by atoms with Crippen LogP contribution in [0.25, 0.3) is 0 Å². The van der Waals surface area contributed by atoms with Crippen LogP contribution in [0.3, 0.4) is 0 Å². The van der Waals surface area contributed by atoms with E-state index in [1.807, 2.05) is 52.8 Å². The molecule has 0 spiro atoms. The molecule has 2 aliphatic heterocycles. The summed E-state index contributed by atoms with van der Waals surface area (Å²) in [4.78, 5) is 36.1. The fraction of sp³-hybridized carbons (Fsp3) is 0.519. The van der Waals surface area contributed by atoms with Crippen molar-refractivity contribution in [2.24, 2.45) is 4.99 Å². The van der Waals surface area contributed by atoms with Crippen LogP contribution in [0.2, 0.25) is 0 Å². The van der Waals surface area contributed by atoms with E-state index >= 15 is 0 Å². The van der Waals surface area contributed by atoms with Crippen molar-refractivity contribution in [2.45, 2.75) is 58.8 Å². The number of allylic oxidation sites excluding steroid dienone is 1. The van der Waals surface area contributed by atoms with Gasteiger partial charge in [0.15, 0.2) is 0 Å². The number of anilines is 1. The minimum Gasteiger partial charge on any atom is -0.443 e. The van der Waals surface area contributed by atoms with Crippen LogP contribution in [0.1, 0.15) is 63.0 Å². The summed E-state index contributed by atoms with van der Waals surface area (Å²) in [6.45, 7) is 11.5. The summed E-state index contributed by atoms with van der Waals surface area (Å²) < 4.78 is 11.4. The quantitative estimate of drug-likeness (QED) is 0.374. The molecular formula is C27H39N5O4. The van der Waals surface area contributed by atoms with Crippen molar-refractivity contribution in [1.29, 1.82) is 0 Å². The van der Waals surface area contributed by atoms with E-state index in [0.29, 0.717) is 48.6 Å². The van der Waals surface area contributed by atoms with Gasteiger partial charge in [-0.15, -0.1) is 0 Å². The highest BCUT2D eigenvalue weighted by molar-refractivity contribution is 5.99. The van der Waals surface area contributed by atoms with Crippen LogP contribution in [-0.4, -0.2) is 78.0 Å². The smallest absolute Gasteiger partial charge is 0.414 e. The summed E-state index contributed by atoms with van der Waals surface area (Å²) in [5.74, 6) is 0.575. The lowest BCUT2D eigenvalue weighted by Gasteiger charge is -2.33. The van der Waals surface area contributed by atoms with E-state index in [1.165, 1.54) is 4.90 Å². The van der Waals surface area contributed by atoms with Crippen molar-refractivity contribution in [1.82, 2.24) is 14.7 Å². The van der Waals surface area contributed by atoms with E-state index in [1.54, 1.807) is 37.3 Å².